The second-order valence-electron chi connectivity index (χ2n) is 11.7. The van der Waals surface area contributed by atoms with Crippen molar-refractivity contribution >= 4 is 34.5 Å². The molecule has 4 N–H and O–H groups in total. The number of carbonyl (C=O) groups excluding carboxylic acids is 4. The van der Waals surface area contributed by atoms with Crippen LogP contribution in [-0.4, -0.2) is 64.2 Å². The van der Waals surface area contributed by atoms with E-state index in [1.807, 2.05) is 91.1 Å². The van der Waals surface area contributed by atoms with E-state index in [-0.39, 0.29) is 70.3 Å². The monoisotopic (exact) mass is 679 g/mol. The quantitative estimate of drug-likeness (QED) is 0.234. The molecule has 45 heavy (non-hydrogen) atoms. The summed E-state index contributed by atoms with van der Waals surface area (Å²) in [7, 11) is 0. The fraction of sp³-hybridized carbons (Fsp3) is 0.286. The zero-order chi connectivity index (χ0) is 30.6. The molecule has 3 aromatic carbocycles. The van der Waals surface area contributed by atoms with Crippen LogP contribution >= 0.6 is 0 Å². The van der Waals surface area contributed by atoms with Gasteiger partial charge in [0.25, 0.3) is 0 Å². The van der Waals surface area contributed by atoms with Crippen LogP contribution in [0.5, 0.6) is 0 Å². The summed E-state index contributed by atoms with van der Waals surface area (Å²) in [5.74, 6) is -1.84. The van der Waals surface area contributed by atoms with Gasteiger partial charge in [0.15, 0.2) is 0 Å². The number of rotatable bonds is 6. The standard InChI is InChI=1S/C35H36N5O4.Y/c1-22-16-31-34(43)38-28(17-23-10-4-2-5-11-23)32(41)37-29(19-25-20-36-27-15-9-8-14-26(25)27)33(42)39-30(35(44)40(31)21-22)18-24-12-6-3-7-13-24;/h2-15,20,22,28-31,36H,1,16-19,21H2,(H,37,41)(H,38,43)(H,39,42);/q-1;. The van der Waals surface area contributed by atoms with Crippen LogP contribution in [0.15, 0.2) is 91.1 Å². The van der Waals surface area contributed by atoms with E-state index in [4.69, 9.17) is 0 Å². The Labute approximate surface area is 287 Å². The van der Waals surface area contributed by atoms with Crippen LogP contribution in [0.1, 0.15) is 23.1 Å². The van der Waals surface area contributed by atoms with Crippen molar-refractivity contribution in [3.05, 3.63) is 115 Å². The molecule has 9 nitrogen and oxygen atoms in total. The fourth-order valence-electron chi connectivity index (χ4n) is 6.27. The van der Waals surface area contributed by atoms with Crippen molar-refractivity contribution in [2.24, 2.45) is 5.92 Å². The summed E-state index contributed by atoms with van der Waals surface area (Å²) in [4.78, 5) is 60.6. The third-order valence-electron chi connectivity index (χ3n) is 8.52. The van der Waals surface area contributed by atoms with E-state index in [9.17, 15) is 19.2 Å². The van der Waals surface area contributed by atoms with Crippen LogP contribution in [0, 0.1) is 12.8 Å². The predicted molar refractivity (Wildman–Crippen MR) is 167 cm³/mol. The van der Waals surface area contributed by atoms with Gasteiger partial charge in [0.2, 0.25) is 23.6 Å². The summed E-state index contributed by atoms with van der Waals surface area (Å²) in [5, 5.41) is 9.75. The van der Waals surface area contributed by atoms with Gasteiger partial charge in [0.1, 0.15) is 24.2 Å². The molecule has 1 aromatic heterocycles. The van der Waals surface area contributed by atoms with E-state index in [0.717, 1.165) is 27.6 Å². The zero-order valence-corrected chi connectivity index (χ0v) is 27.8. The minimum Gasteiger partial charge on any atom is -0.361 e. The molecule has 2 aliphatic rings. The van der Waals surface area contributed by atoms with Crippen molar-refractivity contribution in [2.75, 3.05) is 6.54 Å². The first-order chi connectivity index (χ1) is 21.4. The Morgan fingerprint density at radius 2 is 1.20 bits per heavy atom. The Morgan fingerprint density at radius 1 is 0.667 bits per heavy atom. The molecule has 10 heteroatoms. The Hall–Kier alpha value is -3.82. The van der Waals surface area contributed by atoms with E-state index in [2.05, 4.69) is 27.9 Å². The van der Waals surface area contributed by atoms with Gasteiger partial charge in [-0.05, 0) is 35.7 Å². The van der Waals surface area contributed by atoms with E-state index in [0.29, 0.717) is 6.42 Å². The summed E-state index contributed by atoms with van der Waals surface area (Å²) in [6.07, 6.45) is 2.85. The van der Waals surface area contributed by atoms with E-state index < -0.39 is 41.9 Å². The maximum Gasteiger partial charge on any atom is 0.246 e. The Morgan fingerprint density at radius 3 is 1.87 bits per heavy atom. The van der Waals surface area contributed by atoms with Gasteiger partial charge in [-0.3, -0.25) is 19.2 Å². The van der Waals surface area contributed by atoms with Gasteiger partial charge in [-0.2, -0.15) is 0 Å². The average Bonchev–Trinajstić information content (AvgIpc) is 3.63. The molecule has 4 amide bonds. The first kappa shape index (κ1) is 32.6. The molecule has 2 saturated heterocycles. The maximum absolute atomic E-state index is 14.1. The Bertz CT molecular complexity index is 1660. The van der Waals surface area contributed by atoms with Crippen LogP contribution < -0.4 is 16.0 Å². The van der Waals surface area contributed by atoms with Crippen molar-refractivity contribution in [1.82, 2.24) is 25.8 Å². The van der Waals surface area contributed by atoms with Crippen LogP contribution in [0.3, 0.4) is 0 Å². The van der Waals surface area contributed by atoms with Gasteiger partial charge in [0, 0.05) is 69.1 Å². The summed E-state index contributed by atoms with van der Waals surface area (Å²) >= 11 is 0. The van der Waals surface area contributed by atoms with Crippen LogP contribution in [0.4, 0.5) is 0 Å². The number of nitrogens with one attached hydrogen (secondary N) is 4. The van der Waals surface area contributed by atoms with Crippen molar-refractivity contribution < 1.29 is 51.9 Å². The number of hydrogen-bond acceptors (Lipinski definition) is 4. The molecule has 0 aliphatic carbocycles. The average molecular weight is 680 g/mol. The number of carbonyl (C=O) groups is 4. The van der Waals surface area contributed by atoms with Gasteiger partial charge < -0.3 is 32.8 Å². The number of H-pyrrole nitrogens is 1. The summed E-state index contributed by atoms with van der Waals surface area (Å²) < 4.78 is 0. The maximum atomic E-state index is 14.1. The molecule has 4 aromatic rings. The van der Waals surface area contributed by atoms with Gasteiger partial charge in [0.05, 0.1) is 0 Å². The normalized spacial score (nSPS) is 24.0. The number of aromatic amines is 1. The molecule has 2 fully saturated rings. The van der Waals surface area contributed by atoms with Crippen molar-refractivity contribution in [3.63, 3.8) is 0 Å². The molecule has 2 aliphatic heterocycles. The second kappa shape index (κ2) is 14.5. The third kappa shape index (κ3) is 7.53. The van der Waals surface area contributed by atoms with Gasteiger partial charge >= 0.3 is 0 Å². The number of benzene rings is 3. The molecule has 6 rings (SSSR count). The van der Waals surface area contributed by atoms with Crippen molar-refractivity contribution in [2.45, 2.75) is 49.9 Å². The Kier molecular flexibility index (Phi) is 10.5. The zero-order valence-electron chi connectivity index (χ0n) is 24.9. The molecule has 1 radical (unpaired) electrons. The molecular weight excluding hydrogens is 643 g/mol. The Balaban J connectivity index is 0.00000400. The third-order valence-corrected chi connectivity index (χ3v) is 8.52. The van der Waals surface area contributed by atoms with Gasteiger partial charge in [-0.15, -0.1) is 5.92 Å². The molecule has 0 spiro atoms. The second-order valence-corrected chi connectivity index (χ2v) is 11.7. The van der Waals surface area contributed by atoms with E-state index in [1.165, 1.54) is 4.90 Å². The van der Waals surface area contributed by atoms with Crippen LogP contribution in [-0.2, 0) is 71.1 Å². The molecule has 229 valence electrons. The summed E-state index contributed by atoms with van der Waals surface area (Å²) in [5.41, 5.74) is 3.48. The number of para-hydroxylation sites is 1. The summed E-state index contributed by atoms with van der Waals surface area (Å²) in [6, 6.07) is 22.9. The van der Waals surface area contributed by atoms with E-state index in [1.54, 1.807) is 0 Å². The number of fused-ring (bicyclic) bond motifs is 2. The SMILES string of the molecule is [CH2-]C1CC2C(=O)NC(Cc3ccccc3)C(=O)NC(Cc3c[nH]c4ccccc34)C(=O)NC(Cc3ccccc3)C(=O)N2C1.[Y]. The van der Waals surface area contributed by atoms with Gasteiger partial charge in [-0.1, -0.05) is 78.9 Å². The van der Waals surface area contributed by atoms with Crippen LogP contribution in [0.25, 0.3) is 10.9 Å². The number of nitrogens with zero attached hydrogens (tertiary/aromatic N) is 1. The molecule has 0 saturated carbocycles. The molecular formula is C35H36N5O4Y-. The fourth-order valence-corrected chi connectivity index (χ4v) is 6.27. The molecule has 3 heterocycles. The minimum atomic E-state index is -1.00. The summed E-state index contributed by atoms with van der Waals surface area (Å²) in [6.45, 7) is 4.42. The molecule has 0 bridgehead atoms. The van der Waals surface area contributed by atoms with Crippen LogP contribution in [0.2, 0.25) is 0 Å². The molecule has 5 unspecified atom stereocenters. The number of hydrogen-bond donors (Lipinski definition) is 4. The smallest absolute Gasteiger partial charge is 0.246 e. The van der Waals surface area contributed by atoms with E-state index >= 15 is 0 Å². The molecule has 5 atom stereocenters. The minimum absolute atomic E-state index is 0. The predicted octanol–water partition coefficient (Wildman–Crippen LogP) is 2.71. The van der Waals surface area contributed by atoms with Gasteiger partial charge in [-0.25, -0.2) is 0 Å². The topological polar surface area (TPSA) is 123 Å². The van der Waals surface area contributed by atoms with Crippen molar-refractivity contribution in [1.29, 1.82) is 0 Å². The largest absolute Gasteiger partial charge is 0.361 e. The first-order valence-corrected chi connectivity index (χ1v) is 15.0. The van der Waals surface area contributed by atoms with Crippen molar-refractivity contribution in [3.8, 4) is 0 Å². The number of aromatic nitrogens is 1. The number of amides is 4. The first-order valence-electron chi connectivity index (χ1n) is 15.0.